The molecule has 0 unspecified atom stereocenters. The summed E-state index contributed by atoms with van der Waals surface area (Å²) in [5.74, 6) is -0.298. The summed E-state index contributed by atoms with van der Waals surface area (Å²) in [5, 5.41) is 24.3. The third kappa shape index (κ3) is 3.17. The molecule has 0 spiro atoms. The lowest BCUT2D eigenvalue weighted by atomic mass is 10.2. The van der Waals surface area contributed by atoms with Crippen molar-refractivity contribution in [2.24, 2.45) is 0 Å². The molecule has 108 valence electrons. The molecule has 0 bridgehead atoms. The van der Waals surface area contributed by atoms with Crippen LogP contribution in [0.1, 0.15) is 5.69 Å². The first kappa shape index (κ1) is 14.5. The zero-order valence-electron chi connectivity index (χ0n) is 11.2. The Hall–Kier alpha value is -1.87. The standard InChI is InChI=1S/C11H15N5O3S/c1-7-8(5-12-13-7)10-14-15-11(20-6-9(17)18)16(10)3-4-19-2/h5H,3-4,6H2,1-2H3,(H,12,13)(H,17,18). The first-order valence-corrected chi connectivity index (χ1v) is 6.89. The highest BCUT2D eigenvalue weighted by Gasteiger charge is 2.17. The number of aromatic nitrogens is 5. The molecule has 2 N–H and O–H groups in total. The predicted molar refractivity (Wildman–Crippen MR) is 72.6 cm³/mol. The van der Waals surface area contributed by atoms with Crippen LogP contribution in [0.5, 0.6) is 0 Å². The number of aromatic amines is 1. The van der Waals surface area contributed by atoms with Gasteiger partial charge >= 0.3 is 5.97 Å². The lowest BCUT2D eigenvalue weighted by Gasteiger charge is -2.08. The van der Waals surface area contributed by atoms with Crippen LogP contribution in [0.3, 0.4) is 0 Å². The molecule has 0 aliphatic rings. The Kier molecular flexibility index (Phi) is 4.74. The number of rotatable bonds is 7. The zero-order chi connectivity index (χ0) is 14.5. The van der Waals surface area contributed by atoms with Gasteiger partial charge in [0.2, 0.25) is 0 Å². The van der Waals surface area contributed by atoms with Gasteiger partial charge in [-0.1, -0.05) is 11.8 Å². The average Bonchev–Trinajstić information content (AvgIpc) is 2.99. The quantitative estimate of drug-likeness (QED) is 0.728. The Morgan fingerprint density at radius 3 is 2.95 bits per heavy atom. The summed E-state index contributed by atoms with van der Waals surface area (Å²) in [6.45, 7) is 2.93. The van der Waals surface area contributed by atoms with Gasteiger partial charge in [-0.25, -0.2) is 0 Å². The zero-order valence-corrected chi connectivity index (χ0v) is 12.0. The van der Waals surface area contributed by atoms with Gasteiger partial charge < -0.3 is 9.84 Å². The largest absolute Gasteiger partial charge is 0.481 e. The summed E-state index contributed by atoms with van der Waals surface area (Å²) >= 11 is 1.13. The summed E-state index contributed by atoms with van der Waals surface area (Å²) in [7, 11) is 1.61. The van der Waals surface area contributed by atoms with E-state index in [1.165, 1.54) is 0 Å². The highest BCUT2D eigenvalue weighted by molar-refractivity contribution is 7.99. The van der Waals surface area contributed by atoms with E-state index in [0.717, 1.165) is 23.0 Å². The maximum absolute atomic E-state index is 10.7. The Bertz CT molecular complexity index is 595. The van der Waals surface area contributed by atoms with Crippen LogP contribution in [0, 0.1) is 6.92 Å². The highest BCUT2D eigenvalue weighted by atomic mass is 32.2. The lowest BCUT2D eigenvalue weighted by Crippen LogP contribution is -2.09. The second-order valence-corrected chi connectivity index (χ2v) is 4.98. The van der Waals surface area contributed by atoms with E-state index in [4.69, 9.17) is 9.84 Å². The van der Waals surface area contributed by atoms with Crippen molar-refractivity contribution >= 4 is 17.7 Å². The fourth-order valence-corrected chi connectivity index (χ4v) is 2.37. The first-order chi connectivity index (χ1) is 9.63. The first-order valence-electron chi connectivity index (χ1n) is 5.90. The minimum Gasteiger partial charge on any atom is -0.481 e. The van der Waals surface area contributed by atoms with Gasteiger partial charge in [-0.15, -0.1) is 10.2 Å². The molecule has 2 aromatic heterocycles. The Morgan fingerprint density at radius 1 is 1.55 bits per heavy atom. The Morgan fingerprint density at radius 2 is 2.35 bits per heavy atom. The number of nitrogens with zero attached hydrogens (tertiary/aromatic N) is 4. The molecule has 2 heterocycles. The molecule has 0 fully saturated rings. The molecule has 0 amide bonds. The number of hydrogen-bond acceptors (Lipinski definition) is 6. The Labute approximate surface area is 119 Å². The highest BCUT2D eigenvalue weighted by Crippen LogP contribution is 2.25. The fraction of sp³-hybridized carbons (Fsp3) is 0.455. The number of aliphatic carboxylic acids is 1. The Balaban J connectivity index is 2.31. The van der Waals surface area contributed by atoms with Crippen molar-refractivity contribution in [3.05, 3.63) is 11.9 Å². The molecule has 0 saturated carbocycles. The summed E-state index contributed by atoms with van der Waals surface area (Å²) in [4.78, 5) is 10.7. The fourth-order valence-electron chi connectivity index (χ4n) is 1.68. The number of nitrogens with one attached hydrogen (secondary N) is 1. The van der Waals surface area contributed by atoms with Gasteiger partial charge in [0.25, 0.3) is 0 Å². The molecule has 0 aromatic carbocycles. The van der Waals surface area contributed by atoms with Gasteiger partial charge in [0.1, 0.15) is 0 Å². The van der Waals surface area contributed by atoms with Crippen molar-refractivity contribution in [2.45, 2.75) is 18.6 Å². The molecule has 0 radical (unpaired) electrons. The summed E-state index contributed by atoms with van der Waals surface area (Å²) in [6, 6.07) is 0. The number of ether oxygens (including phenoxy) is 1. The summed E-state index contributed by atoms with van der Waals surface area (Å²) < 4.78 is 6.92. The summed E-state index contributed by atoms with van der Waals surface area (Å²) in [6.07, 6.45) is 1.67. The minimum atomic E-state index is -0.891. The van der Waals surface area contributed by atoms with Crippen LogP contribution in [0.4, 0.5) is 0 Å². The molecule has 9 heteroatoms. The van der Waals surface area contributed by atoms with Gasteiger partial charge in [0.15, 0.2) is 11.0 Å². The molecule has 2 rings (SSSR count). The molecule has 0 atom stereocenters. The van der Waals surface area contributed by atoms with E-state index in [-0.39, 0.29) is 5.75 Å². The van der Waals surface area contributed by atoms with E-state index in [2.05, 4.69) is 20.4 Å². The number of carboxylic acid groups (broad SMARTS) is 1. The number of hydrogen-bond donors (Lipinski definition) is 2. The maximum atomic E-state index is 10.7. The van der Waals surface area contributed by atoms with E-state index in [0.29, 0.717) is 24.1 Å². The monoisotopic (exact) mass is 297 g/mol. The molecular weight excluding hydrogens is 282 g/mol. The summed E-state index contributed by atoms with van der Waals surface area (Å²) in [5.41, 5.74) is 1.72. The number of thioether (sulfide) groups is 1. The smallest absolute Gasteiger partial charge is 0.313 e. The molecule has 0 saturated heterocycles. The van der Waals surface area contributed by atoms with Crippen molar-refractivity contribution in [1.82, 2.24) is 25.0 Å². The van der Waals surface area contributed by atoms with Crippen LogP contribution >= 0.6 is 11.8 Å². The van der Waals surface area contributed by atoms with Crippen molar-refractivity contribution in [1.29, 1.82) is 0 Å². The van der Waals surface area contributed by atoms with Crippen LogP contribution in [0.2, 0.25) is 0 Å². The van der Waals surface area contributed by atoms with Gasteiger partial charge in [0, 0.05) is 12.8 Å². The van der Waals surface area contributed by atoms with E-state index >= 15 is 0 Å². The number of methoxy groups -OCH3 is 1. The van der Waals surface area contributed by atoms with Crippen molar-refractivity contribution in [2.75, 3.05) is 19.5 Å². The van der Waals surface area contributed by atoms with Crippen LogP contribution in [-0.2, 0) is 16.1 Å². The van der Waals surface area contributed by atoms with Gasteiger partial charge in [-0.05, 0) is 6.92 Å². The van der Waals surface area contributed by atoms with Gasteiger partial charge in [0.05, 0.1) is 30.7 Å². The molecule has 2 aromatic rings. The van der Waals surface area contributed by atoms with Crippen LogP contribution in [0.25, 0.3) is 11.4 Å². The topological polar surface area (TPSA) is 106 Å². The SMILES string of the molecule is COCCn1c(SCC(=O)O)nnc1-c1cn[nH]c1C. The number of H-pyrrole nitrogens is 1. The van der Waals surface area contributed by atoms with Crippen LogP contribution < -0.4 is 0 Å². The molecular formula is C11H15N5O3S. The van der Waals surface area contributed by atoms with Crippen LogP contribution in [-0.4, -0.2) is 55.5 Å². The van der Waals surface area contributed by atoms with Crippen molar-refractivity contribution < 1.29 is 14.6 Å². The van der Waals surface area contributed by atoms with E-state index in [1.807, 2.05) is 11.5 Å². The van der Waals surface area contributed by atoms with E-state index < -0.39 is 5.97 Å². The molecule has 0 aliphatic carbocycles. The number of carboxylic acids is 1. The van der Waals surface area contributed by atoms with E-state index in [9.17, 15) is 4.79 Å². The lowest BCUT2D eigenvalue weighted by molar-refractivity contribution is -0.133. The van der Waals surface area contributed by atoms with Crippen LogP contribution in [0.15, 0.2) is 11.4 Å². The normalized spacial score (nSPS) is 10.9. The van der Waals surface area contributed by atoms with E-state index in [1.54, 1.807) is 13.3 Å². The second-order valence-electron chi connectivity index (χ2n) is 4.04. The minimum absolute atomic E-state index is 0.0600. The molecule has 20 heavy (non-hydrogen) atoms. The maximum Gasteiger partial charge on any atom is 0.313 e. The van der Waals surface area contributed by atoms with Gasteiger partial charge in [-0.3, -0.25) is 14.5 Å². The molecule has 0 aliphatic heterocycles. The average molecular weight is 297 g/mol. The van der Waals surface area contributed by atoms with Gasteiger partial charge in [-0.2, -0.15) is 5.10 Å². The third-order valence-electron chi connectivity index (χ3n) is 2.63. The third-order valence-corrected chi connectivity index (χ3v) is 3.58. The van der Waals surface area contributed by atoms with Crippen molar-refractivity contribution in [3.63, 3.8) is 0 Å². The van der Waals surface area contributed by atoms with Crippen molar-refractivity contribution in [3.8, 4) is 11.4 Å². The predicted octanol–water partition coefficient (Wildman–Crippen LogP) is 0.800. The number of carbonyl (C=O) groups is 1. The number of aryl methyl sites for hydroxylation is 1. The second kappa shape index (κ2) is 6.53. The molecule has 8 nitrogen and oxygen atoms in total.